The van der Waals surface area contributed by atoms with Crippen LogP contribution in [0.25, 0.3) is 0 Å². The molecule has 1 aliphatic rings. The van der Waals surface area contributed by atoms with E-state index in [0.717, 1.165) is 48.8 Å². The maximum Gasteiger partial charge on any atom is 0.146 e. The van der Waals surface area contributed by atoms with E-state index in [9.17, 15) is 10.4 Å². The Morgan fingerprint density at radius 2 is 2.23 bits per heavy atom. The van der Waals surface area contributed by atoms with Crippen molar-refractivity contribution >= 4 is 11.6 Å². The van der Waals surface area contributed by atoms with Gasteiger partial charge in [0.1, 0.15) is 23.5 Å². The predicted molar refractivity (Wildman–Crippen MR) is 99.8 cm³/mol. The second-order valence-corrected chi connectivity index (χ2v) is 6.53. The number of likely N-dealkylation sites (N-methyl/N-ethyl adjacent to an activating group) is 1. The van der Waals surface area contributed by atoms with Crippen LogP contribution in [0.1, 0.15) is 36.3 Å². The number of nitrogens with one attached hydrogen (secondary N) is 2. The lowest BCUT2D eigenvalue weighted by Crippen LogP contribution is -2.32. The number of nitriles is 1. The Balaban J connectivity index is 1.96. The minimum atomic E-state index is -0.519. The van der Waals surface area contributed by atoms with Crippen molar-refractivity contribution in [2.75, 3.05) is 30.3 Å². The smallest absolute Gasteiger partial charge is 0.146 e. The van der Waals surface area contributed by atoms with E-state index < -0.39 is 6.10 Å². The summed E-state index contributed by atoms with van der Waals surface area (Å²) < 4.78 is 5.39. The Hall–Kier alpha value is -2.56. The molecule has 7 nitrogen and oxygen atoms in total. The minimum absolute atomic E-state index is 0.346. The van der Waals surface area contributed by atoms with Gasteiger partial charge in [0.25, 0.3) is 0 Å². The van der Waals surface area contributed by atoms with Gasteiger partial charge in [0.2, 0.25) is 0 Å². The van der Waals surface area contributed by atoms with Crippen LogP contribution in [0, 0.1) is 11.3 Å². The van der Waals surface area contributed by atoms with Crippen molar-refractivity contribution in [3.05, 3.63) is 40.8 Å². The first kappa shape index (κ1) is 18.2. The quantitative estimate of drug-likeness (QED) is 0.701. The van der Waals surface area contributed by atoms with Gasteiger partial charge in [-0.05, 0) is 37.6 Å². The Bertz CT molecular complexity index is 780. The molecule has 7 heteroatoms. The Kier molecular flexibility index (Phi) is 5.76. The van der Waals surface area contributed by atoms with Gasteiger partial charge in [0, 0.05) is 25.2 Å². The zero-order valence-electron chi connectivity index (χ0n) is 15.2. The highest BCUT2D eigenvalue weighted by molar-refractivity contribution is 5.66. The average molecular weight is 355 g/mol. The van der Waals surface area contributed by atoms with E-state index in [0.29, 0.717) is 24.5 Å². The van der Waals surface area contributed by atoms with Gasteiger partial charge in [-0.15, -0.1) is 0 Å². The van der Waals surface area contributed by atoms with Gasteiger partial charge in [0.15, 0.2) is 0 Å². The topological polar surface area (TPSA) is 97.4 Å². The third kappa shape index (κ3) is 3.98. The molecule has 0 aliphatic carbocycles. The second kappa shape index (κ2) is 8.21. The molecule has 0 fully saturated rings. The van der Waals surface area contributed by atoms with Gasteiger partial charge in [-0.1, -0.05) is 6.92 Å². The molecular formula is C19H25N5O2. The lowest BCUT2D eigenvalue weighted by atomic mass is 9.95. The van der Waals surface area contributed by atoms with Gasteiger partial charge in [-0.3, -0.25) is 4.90 Å². The van der Waals surface area contributed by atoms with Crippen molar-refractivity contribution in [2.45, 2.75) is 39.5 Å². The van der Waals surface area contributed by atoms with Gasteiger partial charge < -0.3 is 20.2 Å². The summed E-state index contributed by atoms with van der Waals surface area (Å²) in [5.74, 6) is 2.12. The van der Waals surface area contributed by atoms with Gasteiger partial charge in [-0.25, -0.2) is 4.98 Å². The van der Waals surface area contributed by atoms with Crippen LogP contribution >= 0.6 is 0 Å². The van der Waals surface area contributed by atoms with E-state index in [1.54, 1.807) is 13.2 Å². The zero-order valence-corrected chi connectivity index (χ0v) is 15.2. The second-order valence-electron chi connectivity index (χ2n) is 6.53. The fourth-order valence-corrected chi connectivity index (χ4v) is 3.18. The van der Waals surface area contributed by atoms with Crippen LogP contribution in [0.15, 0.2) is 22.8 Å². The van der Waals surface area contributed by atoms with Crippen molar-refractivity contribution in [3.63, 3.8) is 0 Å². The van der Waals surface area contributed by atoms with Crippen LogP contribution in [-0.4, -0.2) is 40.7 Å². The Labute approximate surface area is 153 Å². The minimum Gasteiger partial charge on any atom is -0.467 e. The maximum atomic E-state index is 9.69. The lowest BCUT2D eigenvalue weighted by molar-refractivity contribution is 0.208. The molecule has 1 aliphatic heterocycles. The fraction of sp³-hybridized carbons (Fsp3) is 0.474. The molecule has 2 aromatic rings. The number of anilines is 2. The lowest BCUT2D eigenvalue weighted by Gasteiger charge is -2.30. The molecule has 0 saturated heterocycles. The molecule has 0 aromatic carbocycles. The summed E-state index contributed by atoms with van der Waals surface area (Å²) >= 11 is 0. The first-order valence-electron chi connectivity index (χ1n) is 8.98. The normalized spacial score (nSPS) is 15.2. The zero-order chi connectivity index (χ0) is 18.5. The summed E-state index contributed by atoms with van der Waals surface area (Å²) in [6.07, 6.45) is 1.94. The number of nitrogens with zero attached hydrogens (tertiary/aromatic N) is 3. The van der Waals surface area contributed by atoms with E-state index in [4.69, 9.17) is 4.42 Å². The van der Waals surface area contributed by atoms with Crippen LogP contribution in [0.2, 0.25) is 0 Å². The molecule has 0 saturated carbocycles. The van der Waals surface area contributed by atoms with E-state index in [-0.39, 0.29) is 0 Å². The monoisotopic (exact) mass is 355 g/mol. The van der Waals surface area contributed by atoms with Crippen molar-refractivity contribution in [2.24, 2.45) is 0 Å². The number of aliphatic hydroxyl groups is 1. The first-order chi connectivity index (χ1) is 12.6. The van der Waals surface area contributed by atoms with Gasteiger partial charge >= 0.3 is 0 Å². The molecule has 3 N–H and O–H groups in total. The van der Waals surface area contributed by atoms with Crippen molar-refractivity contribution in [1.29, 1.82) is 5.26 Å². The van der Waals surface area contributed by atoms with Crippen molar-refractivity contribution < 1.29 is 9.52 Å². The SMILES string of the molecule is CCN1CCc2c(C#N)c(NC[C@@H](C)O)nc(NCc3ccco3)c2C1. The van der Waals surface area contributed by atoms with E-state index in [1.807, 2.05) is 12.1 Å². The number of hydrogen-bond donors (Lipinski definition) is 3. The molecule has 1 atom stereocenters. The number of aliphatic hydroxyl groups excluding tert-OH is 1. The molecular weight excluding hydrogens is 330 g/mol. The Morgan fingerprint density at radius 1 is 1.38 bits per heavy atom. The third-order valence-corrected chi connectivity index (χ3v) is 4.61. The Morgan fingerprint density at radius 3 is 2.88 bits per heavy atom. The van der Waals surface area contributed by atoms with Crippen LogP contribution in [0.5, 0.6) is 0 Å². The molecule has 138 valence electrons. The molecule has 3 rings (SSSR count). The van der Waals surface area contributed by atoms with E-state index in [2.05, 4.69) is 33.5 Å². The highest BCUT2D eigenvalue weighted by atomic mass is 16.3. The number of pyridine rings is 1. The highest BCUT2D eigenvalue weighted by Crippen LogP contribution is 2.32. The number of aromatic nitrogens is 1. The molecule has 26 heavy (non-hydrogen) atoms. The fourth-order valence-electron chi connectivity index (χ4n) is 3.18. The molecule has 0 amide bonds. The predicted octanol–water partition coefficient (Wildman–Crippen LogP) is 2.33. The molecule has 3 heterocycles. The molecule has 0 bridgehead atoms. The average Bonchev–Trinajstić information content (AvgIpc) is 3.17. The number of rotatable bonds is 7. The van der Waals surface area contributed by atoms with Crippen LogP contribution in [0.3, 0.4) is 0 Å². The van der Waals surface area contributed by atoms with E-state index >= 15 is 0 Å². The third-order valence-electron chi connectivity index (χ3n) is 4.61. The summed E-state index contributed by atoms with van der Waals surface area (Å²) in [6, 6.07) is 6.07. The molecule has 0 unspecified atom stereocenters. The summed E-state index contributed by atoms with van der Waals surface area (Å²) in [5, 5.41) is 25.7. The standard InChI is InChI=1S/C19H25N5O2/c1-3-24-7-6-15-16(9-20)18(21-10-13(2)25)23-19(17(15)12-24)22-11-14-5-4-8-26-14/h4-5,8,13,25H,3,6-7,10-12H2,1-2H3,(H2,21,22,23)/t13-/m1/s1. The van der Waals surface area contributed by atoms with Crippen LogP contribution in [0.4, 0.5) is 11.6 Å². The number of hydrogen-bond acceptors (Lipinski definition) is 7. The van der Waals surface area contributed by atoms with Crippen molar-refractivity contribution in [1.82, 2.24) is 9.88 Å². The van der Waals surface area contributed by atoms with Crippen LogP contribution in [-0.2, 0) is 19.5 Å². The maximum absolute atomic E-state index is 9.69. The highest BCUT2D eigenvalue weighted by Gasteiger charge is 2.25. The largest absolute Gasteiger partial charge is 0.467 e. The summed E-state index contributed by atoms with van der Waals surface area (Å²) in [4.78, 5) is 7.01. The molecule has 2 aromatic heterocycles. The van der Waals surface area contributed by atoms with E-state index in [1.165, 1.54) is 0 Å². The number of fused-ring (bicyclic) bond motifs is 1. The van der Waals surface area contributed by atoms with Crippen molar-refractivity contribution in [3.8, 4) is 6.07 Å². The van der Waals surface area contributed by atoms with Crippen LogP contribution < -0.4 is 10.6 Å². The van der Waals surface area contributed by atoms with Gasteiger partial charge in [0.05, 0.1) is 24.5 Å². The summed E-state index contributed by atoms with van der Waals surface area (Å²) in [5.41, 5.74) is 2.70. The van der Waals surface area contributed by atoms with Gasteiger partial charge in [-0.2, -0.15) is 5.26 Å². The molecule has 0 radical (unpaired) electrons. The summed E-state index contributed by atoms with van der Waals surface area (Å²) in [7, 11) is 0. The summed E-state index contributed by atoms with van der Waals surface area (Å²) in [6.45, 7) is 7.37. The number of furan rings is 1. The molecule has 0 spiro atoms. The first-order valence-corrected chi connectivity index (χ1v) is 8.98.